The SMILES string of the molecule is O=C(OCc1ccccc1)N1CCCCCO1. The van der Waals surface area contributed by atoms with E-state index in [0.717, 1.165) is 24.8 Å². The second kappa shape index (κ2) is 6.25. The van der Waals surface area contributed by atoms with Gasteiger partial charge in [-0.05, 0) is 24.8 Å². The maximum atomic E-state index is 11.7. The quantitative estimate of drug-likeness (QED) is 0.791. The van der Waals surface area contributed by atoms with Crippen molar-refractivity contribution in [3.8, 4) is 0 Å². The van der Waals surface area contributed by atoms with Gasteiger partial charge in [0.1, 0.15) is 6.61 Å². The summed E-state index contributed by atoms with van der Waals surface area (Å²) in [5, 5.41) is 1.33. The zero-order chi connectivity index (χ0) is 11.9. The molecule has 92 valence electrons. The zero-order valence-electron chi connectivity index (χ0n) is 9.80. The molecular weight excluding hydrogens is 218 g/mol. The number of carbonyl (C=O) groups is 1. The van der Waals surface area contributed by atoms with E-state index >= 15 is 0 Å². The van der Waals surface area contributed by atoms with Gasteiger partial charge in [-0.2, -0.15) is 5.06 Å². The molecule has 1 aliphatic rings. The van der Waals surface area contributed by atoms with Crippen LogP contribution in [-0.2, 0) is 16.2 Å². The van der Waals surface area contributed by atoms with Gasteiger partial charge in [0.2, 0.25) is 0 Å². The smallest absolute Gasteiger partial charge is 0.434 e. The molecule has 1 amide bonds. The molecule has 1 fully saturated rings. The van der Waals surface area contributed by atoms with Crippen molar-refractivity contribution in [2.75, 3.05) is 13.2 Å². The van der Waals surface area contributed by atoms with Crippen molar-refractivity contribution in [2.45, 2.75) is 25.9 Å². The van der Waals surface area contributed by atoms with Gasteiger partial charge in [0.05, 0.1) is 13.2 Å². The highest BCUT2D eigenvalue weighted by atomic mass is 16.7. The van der Waals surface area contributed by atoms with Crippen LogP contribution in [-0.4, -0.2) is 24.3 Å². The maximum Gasteiger partial charge on any atom is 0.434 e. The molecule has 2 rings (SSSR count). The van der Waals surface area contributed by atoms with Crippen LogP contribution in [0.3, 0.4) is 0 Å². The highest BCUT2D eigenvalue weighted by Crippen LogP contribution is 2.09. The Kier molecular flexibility index (Phi) is 4.38. The van der Waals surface area contributed by atoms with Gasteiger partial charge in [0, 0.05) is 0 Å². The Morgan fingerprint density at radius 1 is 1.24 bits per heavy atom. The van der Waals surface area contributed by atoms with Crippen LogP contribution in [0.15, 0.2) is 30.3 Å². The van der Waals surface area contributed by atoms with Crippen molar-refractivity contribution >= 4 is 6.09 Å². The summed E-state index contributed by atoms with van der Waals surface area (Å²) in [4.78, 5) is 17.0. The van der Waals surface area contributed by atoms with Crippen molar-refractivity contribution in [3.63, 3.8) is 0 Å². The summed E-state index contributed by atoms with van der Waals surface area (Å²) in [7, 11) is 0. The molecule has 4 nitrogen and oxygen atoms in total. The highest BCUT2D eigenvalue weighted by molar-refractivity contribution is 5.66. The second-order valence-electron chi connectivity index (χ2n) is 4.04. The summed E-state index contributed by atoms with van der Waals surface area (Å²) in [5.41, 5.74) is 0.982. The fraction of sp³-hybridized carbons (Fsp3) is 0.462. The van der Waals surface area contributed by atoms with Crippen LogP contribution >= 0.6 is 0 Å². The molecule has 0 N–H and O–H groups in total. The van der Waals surface area contributed by atoms with Gasteiger partial charge in [-0.3, -0.25) is 4.84 Å². The molecule has 0 aromatic heterocycles. The van der Waals surface area contributed by atoms with Crippen molar-refractivity contribution in [1.82, 2.24) is 5.06 Å². The standard InChI is InChI=1S/C13H17NO3/c15-13(14-9-5-2-6-10-17-14)16-11-12-7-3-1-4-8-12/h1,3-4,7-8H,2,5-6,9-11H2. The van der Waals surface area contributed by atoms with E-state index in [0.29, 0.717) is 19.8 Å². The molecule has 0 spiro atoms. The second-order valence-corrected chi connectivity index (χ2v) is 4.04. The van der Waals surface area contributed by atoms with Crippen LogP contribution < -0.4 is 0 Å². The van der Waals surface area contributed by atoms with Crippen molar-refractivity contribution in [1.29, 1.82) is 0 Å². The van der Waals surface area contributed by atoms with Crippen LogP contribution in [0, 0.1) is 0 Å². The number of hydrogen-bond acceptors (Lipinski definition) is 3. The summed E-state index contributed by atoms with van der Waals surface area (Å²) in [6.07, 6.45) is 2.68. The van der Waals surface area contributed by atoms with Gasteiger partial charge in [-0.25, -0.2) is 4.79 Å². The summed E-state index contributed by atoms with van der Waals surface area (Å²) < 4.78 is 5.19. The first-order valence-corrected chi connectivity index (χ1v) is 5.97. The Morgan fingerprint density at radius 3 is 2.88 bits per heavy atom. The lowest BCUT2D eigenvalue weighted by atomic mass is 10.2. The van der Waals surface area contributed by atoms with Gasteiger partial charge in [0.15, 0.2) is 0 Å². The average molecular weight is 235 g/mol. The monoisotopic (exact) mass is 235 g/mol. The number of benzene rings is 1. The molecule has 17 heavy (non-hydrogen) atoms. The molecule has 1 aliphatic heterocycles. The predicted molar refractivity (Wildman–Crippen MR) is 63.1 cm³/mol. The molecule has 0 radical (unpaired) electrons. The third-order valence-electron chi connectivity index (χ3n) is 2.66. The molecule has 4 heteroatoms. The number of amides is 1. The lowest BCUT2D eigenvalue weighted by molar-refractivity contribution is -0.130. The Balaban J connectivity index is 1.80. The largest absolute Gasteiger partial charge is 0.443 e. The minimum atomic E-state index is -0.393. The molecule has 1 heterocycles. The van der Waals surface area contributed by atoms with E-state index in [-0.39, 0.29) is 0 Å². The van der Waals surface area contributed by atoms with Crippen LogP contribution in [0.4, 0.5) is 4.79 Å². The molecule has 0 bridgehead atoms. The fourth-order valence-corrected chi connectivity index (χ4v) is 1.71. The third-order valence-corrected chi connectivity index (χ3v) is 2.66. The van der Waals surface area contributed by atoms with Crippen molar-refractivity contribution < 1.29 is 14.4 Å². The van der Waals surface area contributed by atoms with E-state index in [2.05, 4.69) is 0 Å². The number of rotatable bonds is 2. The zero-order valence-corrected chi connectivity index (χ0v) is 9.80. The van der Waals surface area contributed by atoms with Crippen LogP contribution in [0.25, 0.3) is 0 Å². The van der Waals surface area contributed by atoms with E-state index < -0.39 is 6.09 Å². The highest BCUT2D eigenvalue weighted by Gasteiger charge is 2.17. The number of hydroxylamine groups is 2. The topological polar surface area (TPSA) is 38.8 Å². The number of ether oxygens (including phenoxy) is 1. The molecule has 0 saturated carbocycles. The first kappa shape index (κ1) is 11.9. The minimum Gasteiger partial charge on any atom is -0.443 e. The Labute approximate surface area is 101 Å². The van der Waals surface area contributed by atoms with Crippen molar-refractivity contribution in [3.05, 3.63) is 35.9 Å². The van der Waals surface area contributed by atoms with E-state index in [9.17, 15) is 4.79 Å². The number of hydrogen-bond donors (Lipinski definition) is 0. The van der Waals surface area contributed by atoms with Crippen molar-refractivity contribution in [2.24, 2.45) is 0 Å². The minimum absolute atomic E-state index is 0.291. The first-order valence-electron chi connectivity index (χ1n) is 5.97. The summed E-state index contributed by atoms with van der Waals surface area (Å²) in [6, 6.07) is 9.63. The Hall–Kier alpha value is -1.55. The molecular formula is C13H17NO3. The van der Waals surface area contributed by atoms with E-state index in [1.807, 2.05) is 30.3 Å². The van der Waals surface area contributed by atoms with Gasteiger partial charge in [-0.1, -0.05) is 30.3 Å². The number of nitrogens with zero attached hydrogens (tertiary/aromatic N) is 1. The van der Waals surface area contributed by atoms with E-state index in [1.165, 1.54) is 5.06 Å². The lowest BCUT2D eigenvalue weighted by Crippen LogP contribution is -2.31. The maximum absolute atomic E-state index is 11.7. The lowest BCUT2D eigenvalue weighted by Gasteiger charge is -2.18. The molecule has 1 aromatic rings. The third kappa shape index (κ3) is 3.75. The van der Waals surface area contributed by atoms with E-state index in [4.69, 9.17) is 9.57 Å². The van der Waals surface area contributed by atoms with Crippen LogP contribution in [0.1, 0.15) is 24.8 Å². The molecule has 0 aliphatic carbocycles. The fourth-order valence-electron chi connectivity index (χ4n) is 1.71. The Morgan fingerprint density at radius 2 is 2.06 bits per heavy atom. The molecule has 1 aromatic carbocycles. The average Bonchev–Trinajstić information content (AvgIpc) is 2.66. The molecule has 0 atom stereocenters. The van der Waals surface area contributed by atoms with Gasteiger partial charge >= 0.3 is 6.09 Å². The van der Waals surface area contributed by atoms with Gasteiger partial charge < -0.3 is 4.74 Å². The van der Waals surface area contributed by atoms with Gasteiger partial charge in [0.25, 0.3) is 0 Å². The Bertz CT molecular complexity index is 345. The molecule has 0 unspecified atom stereocenters. The summed E-state index contributed by atoms with van der Waals surface area (Å²) in [6.45, 7) is 1.51. The first-order chi connectivity index (χ1) is 8.36. The van der Waals surface area contributed by atoms with Gasteiger partial charge in [-0.15, -0.1) is 0 Å². The normalized spacial score (nSPS) is 16.4. The van der Waals surface area contributed by atoms with Crippen LogP contribution in [0.2, 0.25) is 0 Å². The van der Waals surface area contributed by atoms with Crippen LogP contribution in [0.5, 0.6) is 0 Å². The summed E-state index contributed by atoms with van der Waals surface area (Å²) in [5.74, 6) is 0. The summed E-state index contributed by atoms with van der Waals surface area (Å²) >= 11 is 0. The number of carbonyl (C=O) groups excluding carboxylic acids is 1. The predicted octanol–water partition coefficient (Wildman–Crippen LogP) is 2.74. The van der Waals surface area contributed by atoms with E-state index in [1.54, 1.807) is 0 Å². The molecule has 1 saturated heterocycles.